The van der Waals surface area contributed by atoms with Gasteiger partial charge < -0.3 is 18.9 Å². The van der Waals surface area contributed by atoms with Crippen LogP contribution in [0.4, 0.5) is 0 Å². The topological polar surface area (TPSA) is 88.5 Å². The Bertz CT molecular complexity index is 2350. The highest BCUT2D eigenvalue weighted by atomic mass is 16.5. The number of hydrogen-bond donors (Lipinski definition) is 0. The van der Waals surface area contributed by atoms with E-state index < -0.39 is 0 Å². The normalized spacial score (nSPS) is 11.8. The van der Waals surface area contributed by atoms with Crippen LogP contribution in [0.2, 0.25) is 0 Å². The molecule has 0 atom stereocenters. The number of ether oxygens (including phenoxy) is 4. The van der Waals surface area contributed by atoms with Crippen LogP contribution in [-0.2, 0) is 0 Å². The van der Waals surface area contributed by atoms with E-state index in [0.29, 0.717) is 69.7 Å². The minimum absolute atomic E-state index is 0.240. The molecule has 9 heteroatoms. The average Bonchev–Trinajstić information content (AvgIpc) is 3.51. The maximum Gasteiger partial charge on any atom is 0.291 e. The Morgan fingerprint density at radius 2 is 0.821 bits per heavy atom. The molecule has 0 saturated heterocycles. The third-order valence-electron chi connectivity index (χ3n) is 9.95. The number of nitrogens with zero attached hydrogens (tertiary/aromatic N) is 4. The van der Waals surface area contributed by atoms with Gasteiger partial charge >= 0.3 is 0 Å². The van der Waals surface area contributed by atoms with Gasteiger partial charge in [-0.3, -0.25) is 9.97 Å². The predicted octanol–water partition coefficient (Wildman–Crippen LogP) is 10.3. The van der Waals surface area contributed by atoms with E-state index >= 15 is 0 Å². The van der Waals surface area contributed by atoms with Crippen molar-refractivity contribution in [2.45, 2.75) is 59.3 Å². The van der Waals surface area contributed by atoms with Crippen LogP contribution in [0.1, 0.15) is 76.0 Å². The monoisotopic (exact) mass is 738 g/mol. The second kappa shape index (κ2) is 15.7. The molecule has 0 amide bonds. The first-order chi connectivity index (χ1) is 27.2. The van der Waals surface area contributed by atoms with Crippen LogP contribution in [-0.4, -0.2) is 26.6 Å². The lowest BCUT2D eigenvalue weighted by Crippen LogP contribution is -2.51. The van der Waals surface area contributed by atoms with Crippen LogP contribution < -0.4 is 35.6 Å². The summed E-state index contributed by atoms with van der Waals surface area (Å²) in [7, 11) is 0. The number of aromatic nitrogens is 4. The lowest BCUT2D eigenvalue weighted by molar-refractivity contribution is 0.448. The van der Waals surface area contributed by atoms with Gasteiger partial charge in [-0.1, -0.05) is 76.7 Å². The van der Waals surface area contributed by atoms with E-state index in [4.69, 9.17) is 28.9 Å². The van der Waals surface area contributed by atoms with Gasteiger partial charge in [0.2, 0.25) is 11.8 Å². The van der Waals surface area contributed by atoms with Crippen molar-refractivity contribution in [2.24, 2.45) is 0 Å². The fourth-order valence-electron chi connectivity index (χ4n) is 6.81. The van der Waals surface area contributed by atoms with Crippen LogP contribution >= 0.6 is 0 Å². The first-order valence-corrected chi connectivity index (χ1v) is 19.1. The van der Waals surface area contributed by atoms with Gasteiger partial charge in [0.15, 0.2) is 0 Å². The number of hydrogen-bond acceptors (Lipinski definition) is 8. The molecule has 4 aromatic carbocycles. The van der Waals surface area contributed by atoms with Crippen LogP contribution in [0.3, 0.4) is 0 Å². The maximum absolute atomic E-state index is 6.47. The molecule has 0 radical (unpaired) electrons. The molecule has 0 fully saturated rings. The second-order valence-corrected chi connectivity index (χ2v) is 15.0. The van der Waals surface area contributed by atoms with E-state index in [0.717, 1.165) is 38.7 Å². The van der Waals surface area contributed by atoms with Crippen LogP contribution in [0, 0.1) is 0 Å². The Kier molecular flexibility index (Phi) is 10.2. The molecule has 56 heavy (non-hydrogen) atoms. The summed E-state index contributed by atoms with van der Waals surface area (Å²) in [4.78, 5) is 18.6. The van der Waals surface area contributed by atoms with Crippen LogP contribution in [0.5, 0.6) is 46.3 Å². The van der Waals surface area contributed by atoms with Crippen molar-refractivity contribution in [2.75, 3.05) is 0 Å². The van der Waals surface area contributed by atoms with Crippen molar-refractivity contribution in [3.63, 3.8) is 0 Å². The van der Waals surface area contributed by atoms with E-state index in [9.17, 15) is 0 Å². The Labute approximate surface area is 328 Å². The van der Waals surface area contributed by atoms with Crippen molar-refractivity contribution in [1.82, 2.24) is 19.9 Å². The SMILES string of the molecule is CC(C)c1cnc(B2c3cc(Oc4cccc(Oc5cc(C(C)C)ccn5)c4)ccc3-c3ccc(Oc4cccc(Oc5cc(C(C)C)ccn5)c4)cc32)nc1. The molecule has 0 bridgehead atoms. The fourth-order valence-corrected chi connectivity index (χ4v) is 6.81. The molecule has 278 valence electrons. The molecule has 0 spiro atoms. The van der Waals surface area contributed by atoms with Crippen molar-refractivity contribution < 1.29 is 18.9 Å². The van der Waals surface area contributed by atoms with Crippen molar-refractivity contribution in [1.29, 1.82) is 0 Å². The van der Waals surface area contributed by atoms with Crippen molar-refractivity contribution >= 4 is 23.4 Å². The van der Waals surface area contributed by atoms with Gasteiger partial charge in [0.1, 0.15) is 34.5 Å². The maximum atomic E-state index is 6.47. The summed E-state index contributed by atoms with van der Waals surface area (Å²) in [5.74, 6) is 6.12. The molecule has 8 nitrogen and oxygen atoms in total. The summed E-state index contributed by atoms with van der Waals surface area (Å²) >= 11 is 0. The van der Waals surface area contributed by atoms with Crippen LogP contribution in [0.25, 0.3) is 11.1 Å². The highest BCUT2D eigenvalue weighted by molar-refractivity contribution is 6.98. The predicted molar refractivity (Wildman–Crippen MR) is 222 cm³/mol. The summed E-state index contributed by atoms with van der Waals surface area (Å²) in [6, 6.07) is 35.6. The zero-order chi connectivity index (χ0) is 38.8. The van der Waals surface area contributed by atoms with Crippen LogP contribution in [0.15, 0.2) is 134 Å². The molecule has 1 aliphatic rings. The molecule has 7 aromatic rings. The Morgan fingerprint density at radius 3 is 1.25 bits per heavy atom. The van der Waals surface area contributed by atoms with Gasteiger partial charge in [-0.2, -0.15) is 0 Å². The van der Waals surface area contributed by atoms with E-state index in [-0.39, 0.29) is 6.71 Å². The Morgan fingerprint density at radius 1 is 0.411 bits per heavy atom. The molecular weight excluding hydrogens is 695 g/mol. The van der Waals surface area contributed by atoms with Gasteiger partial charge in [0.05, 0.1) is 5.72 Å². The van der Waals surface area contributed by atoms with E-state index in [1.54, 1.807) is 12.4 Å². The van der Waals surface area contributed by atoms with Gasteiger partial charge in [-0.15, -0.1) is 0 Å². The second-order valence-electron chi connectivity index (χ2n) is 15.0. The minimum atomic E-state index is -0.240. The quantitative estimate of drug-likeness (QED) is 0.115. The molecule has 1 aliphatic heterocycles. The third-order valence-corrected chi connectivity index (χ3v) is 9.95. The summed E-state index contributed by atoms with van der Waals surface area (Å²) in [6.07, 6.45) is 7.41. The zero-order valence-corrected chi connectivity index (χ0v) is 32.4. The van der Waals surface area contributed by atoms with Gasteiger partial charge in [0.25, 0.3) is 6.71 Å². The molecule has 8 rings (SSSR count). The van der Waals surface area contributed by atoms with E-state index in [2.05, 4.69) is 75.8 Å². The smallest absolute Gasteiger partial charge is 0.291 e. The summed E-state index contributed by atoms with van der Waals surface area (Å²) < 4.78 is 25.2. The lowest BCUT2D eigenvalue weighted by Gasteiger charge is -2.14. The average molecular weight is 739 g/mol. The van der Waals surface area contributed by atoms with E-state index in [1.165, 1.54) is 0 Å². The molecule has 0 N–H and O–H groups in total. The Hall–Kier alpha value is -6.48. The summed E-state index contributed by atoms with van der Waals surface area (Å²) in [5, 5.41) is 0. The first-order valence-electron chi connectivity index (χ1n) is 19.1. The molecule has 0 aliphatic carbocycles. The molecular formula is C47H43BN4O4. The number of benzene rings is 4. The standard InChI is InChI=1S/C47H43BN4O4/c1-29(2)32-17-19-49-45(21-32)55-37-11-7-9-35(23-37)53-39-13-15-41-42-16-14-40(26-44(42)48(43(41)25-39)47-51-27-34(28-52-47)31(5)6)54-36-10-8-12-38(24-36)56-46-22-33(30(3)4)18-20-50-46/h7-31H,1-6H3. The van der Waals surface area contributed by atoms with Gasteiger partial charge in [-0.05, 0) is 106 Å². The van der Waals surface area contributed by atoms with Crippen molar-refractivity contribution in [3.05, 3.63) is 151 Å². The number of pyridine rings is 2. The number of fused-ring (bicyclic) bond motifs is 3. The molecule has 4 heterocycles. The largest absolute Gasteiger partial charge is 0.457 e. The third kappa shape index (κ3) is 7.98. The minimum Gasteiger partial charge on any atom is -0.457 e. The van der Waals surface area contributed by atoms with Gasteiger partial charge in [0, 0.05) is 49.1 Å². The Balaban J connectivity index is 1.07. The van der Waals surface area contributed by atoms with Crippen molar-refractivity contribution in [3.8, 4) is 57.4 Å². The highest BCUT2D eigenvalue weighted by Crippen LogP contribution is 2.34. The fraction of sp³-hybridized carbons (Fsp3) is 0.191. The first kappa shape index (κ1) is 36.5. The lowest BCUT2D eigenvalue weighted by atomic mass is 9.42. The molecule has 3 aromatic heterocycles. The van der Waals surface area contributed by atoms with E-state index in [1.807, 2.05) is 97.3 Å². The molecule has 0 unspecified atom stereocenters. The van der Waals surface area contributed by atoms with Gasteiger partial charge in [-0.25, -0.2) is 9.97 Å². The summed E-state index contributed by atoms with van der Waals surface area (Å²) in [6.45, 7) is 12.6. The molecule has 0 saturated carbocycles. The zero-order valence-electron chi connectivity index (χ0n) is 32.4. The highest BCUT2D eigenvalue weighted by Gasteiger charge is 2.37. The number of rotatable bonds is 12. The summed E-state index contributed by atoms with van der Waals surface area (Å²) in [5.41, 5.74) is 8.43.